The Bertz CT molecular complexity index is 702. The normalized spacial score (nSPS) is 15.7. The zero-order valence-corrected chi connectivity index (χ0v) is 10.5. The molecule has 0 unspecified atom stereocenters. The largest absolute Gasteiger partial charge is 0.506 e. The van der Waals surface area contributed by atoms with Crippen LogP contribution in [0.15, 0.2) is 12.4 Å². The summed E-state index contributed by atoms with van der Waals surface area (Å²) in [6.07, 6.45) is 4.93. The molecule has 1 aliphatic heterocycles. The van der Waals surface area contributed by atoms with Gasteiger partial charge in [0, 0.05) is 23.5 Å². The van der Waals surface area contributed by atoms with Crippen LogP contribution in [0.5, 0.6) is 5.75 Å². The van der Waals surface area contributed by atoms with Gasteiger partial charge >= 0.3 is 0 Å². The summed E-state index contributed by atoms with van der Waals surface area (Å²) in [4.78, 5) is 23.2. The van der Waals surface area contributed by atoms with Gasteiger partial charge < -0.3 is 15.4 Å². The van der Waals surface area contributed by atoms with Gasteiger partial charge in [-0.1, -0.05) is 0 Å². The van der Waals surface area contributed by atoms with E-state index in [1.807, 2.05) is 0 Å². The third-order valence-corrected chi connectivity index (χ3v) is 3.14. The highest BCUT2D eigenvalue weighted by atomic mass is 16.3. The molecule has 96 valence electrons. The number of rotatable bonds is 1. The van der Waals surface area contributed by atoms with Crippen LogP contribution >= 0.6 is 0 Å². The Hall–Kier alpha value is -2.63. The highest BCUT2D eigenvalue weighted by molar-refractivity contribution is 6.34. The van der Waals surface area contributed by atoms with E-state index in [4.69, 9.17) is 0 Å². The monoisotopic (exact) mass is 256 g/mol. The summed E-state index contributed by atoms with van der Waals surface area (Å²) >= 11 is 0. The molecule has 6 nitrogen and oxygen atoms in total. The van der Waals surface area contributed by atoms with Gasteiger partial charge in [0.1, 0.15) is 17.4 Å². The zero-order chi connectivity index (χ0) is 13.6. The Kier molecular flexibility index (Phi) is 2.38. The minimum absolute atomic E-state index is 0.112. The molecule has 0 aromatic carbocycles. The van der Waals surface area contributed by atoms with E-state index < -0.39 is 0 Å². The lowest BCUT2D eigenvalue weighted by atomic mass is 10.0. The molecule has 3 rings (SSSR count). The Morgan fingerprint density at radius 2 is 2.16 bits per heavy atom. The molecule has 0 bridgehead atoms. The number of hydrogen-bond acceptors (Lipinski definition) is 4. The quantitative estimate of drug-likeness (QED) is 0.676. The summed E-state index contributed by atoms with van der Waals surface area (Å²) < 4.78 is 0. The van der Waals surface area contributed by atoms with E-state index >= 15 is 0 Å². The predicted octanol–water partition coefficient (Wildman–Crippen LogP) is 1.62. The number of carbonyl (C=O) groups excluding carboxylic acids is 1. The molecule has 1 amide bonds. The highest BCUT2D eigenvalue weighted by Gasteiger charge is 2.29. The van der Waals surface area contributed by atoms with Gasteiger partial charge in [0.15, 0.2) is 0 Å². The van der Waals surface area contributed by atoms with E-state index in [1.54, 1.807) is 32.3 Å². The Morgan fingerprint density at radius 1 is 1.37 bits per heavy atom. The average molecular weight is 256 g/mol. The van der Waals surface area contributed by atoms with E-state index in [0.29, 0.717) is 34.0 Å². The number of aromatic hydroxyl groups is 1. The maximum absolute atomic E-state index is 12.0. The number of aromatic nitrogens is 3. The topological polar surface area (TPSA) is 90.9 Å². The first-order valence-electron chi connectivity index (χ1n) is 5.81. The number of fused-ring (bicyclic) bond motifs is 1. The van der Waals surface area contributed by atoms with Crippen LogP contribution in [0.3, 0.4) is 0 Å². The number of aromatic amines is 1. The summed E-state index contributed by atoms with van der Waals surface area (Å²) in [6, 6.07) is 0. The SMILES string of the molecule is Cc1nc2c(c(C)c1O)C(=Cc1ncc[nH]1)C(=O)N2. The van der Waals surface area contributed by atoms with Gasteiger partial charge in [0.25, 0.3) is 5.91 Å². The highest BCUT2D eigenvalue weighted by Crippen LogP contribution is 2.38. The van der Waals surface area contributed by atoms with Crippen molar-refractivity contribution in [1.29, 1.82) is 0 Å². The number of aryl methyl sites for hydroxylation is 1. The van der Waals surface area contributed by atoms with Crippen molar-refractivity contribution in [3.63, 3.8) is 0 Å². The predicted molar refractivity (Wildman–Crippen MR) is 70.5 cm³/mol. The van der Waals surface area contributed by atoms with Gasteiger partial charge in [-0.05, 0) is 19.9 Å². The first-order valence-corrected chi connectivity index (χ1v) is 5.81. The first-order chi connectivity index (χ1) is 9.08. The molecule has 19 heavy (non-hydrogen) atoms. The second-order valence-electron chi connectivity index (χ2n) is 4.38. The van der Waals surface area contributed by atoms with Gasteiger partial charge in [0.05, 0.1) is 11.3 Å². The smallest absolute Gasteiger partial charge is 0.257 e. The Labute approximate surface area is 109 Å². The lowest BCUT2D eigenvalue weighted by Crippen LogP contribution is -2.04. The second-order valence-corrected chi connectivity index (χ2v) is 4.38. The third kappa shape index (κ3) is 1.69. The first kappa shape index (κ1) is 11.5. The van der Waals surface area contributed by atoms with Crippen LogP contribution in [-0.2, 0) is 4.79 Å². The van der Waals surface area contributed by atoms with Gasteiger partial charge in [-0.25, -0.2) is 9.97 Å². The zero-order valence-electron chi connectivity index (χ0n) is 10.5. The van der Waals surface area contributed by atoms with Crippen LogP contribution in [0.25, 0.3) is 11.6 Å². The van der Waals surface area contributed by atoms with E-state index in [-0.39, 0.29) is 11.7 Å². The van der Waals surface area contributed by atoms with E-state index in [2.05, 4.69) is 20.3 Å². The molecule has 1 aliphatic rings. The van der Waals surface area contributed by atoms with Crippen molar-refractivity contribution in [2.45, 2.75) is 13.8 Å². The standard InChI is InChI=1S/C13H12N4O2/c1-6-10-8(5-9-14-3-4-15-9)13(19)17-12(10)16-7(2)11(6)18/h3-5,18H,1-2H3,(H,14,15)(H,16,17,19). The molecule has 0 spiro atoms. The molecule has 6 heteroatoms. The third-order valence-electron chi connectivity index (χ3n) is 3.14. The molecular formula is C13H12N4O2. The fourth-order valence-corrected chi connectivity index (χ4v) is 2.18. The van der Waals surface area contributed by atoms with Crippen molar-refractivity contribution in [2.24, 2.45) is 0 Å². The Morgan fingerprint density at radius 3 is 2.84 bits per heavy atom. The fourth-order valence-electron chi connectivity index (χ4n) is 2.18. The van der Waals surface area contributed by atoms with Gasteiger partial charge in [-0.2, -0.15) is 0 Å². The molecular weight excluding hydrogens is 244 g/mol. The van der Waals surface area contributed by atoms with Crippen LogP contribution in [0, 0.1) is 13.8 Å². The number of amides is 1. The maximum Gasteiger partial charge on any atom is 0.257 e. The van der Waals surface area contributed by atoms with Gasteiger partial charge in [0.2, 0.25) is 0 Å². The maximum atomic E-state index is 12.0. The van der Waals surface area contributed by atoms with Crippen LogP contribution in [0.2, 0.25) is 0 Å². The van der Waals surface area contributed by atoms with Crippen molar-refractivity contribution >= 4 is 23.4 Å². The molecule has 0 radical (unpaired) electrons. The minimum Gasteiger partial charge on any atom is -0.506 e. The lowest BCUT2D eigenvalue weighted by Gasteiger charge is -2.07. The number of pyridine rings is 1. The molecule has 0 saturated carbocycles. The van der Waals surface area contributed by atoms with E-state index in [0.717, 1.165) is 0 Å². The van der Waals surface area contributed by atoms with E-state index in [1.165, 1.54) is 0 Å². The molecule has 3 heterocycles. The summed E-state index contributed by atoms with van der Waals surface area (Å²) in [5.74, 6) is 0.931. The van der Waals surface area contributed by atoms with E-state index in [9.17, 15) is 9.90 Å². The van der Waals surface area contributed by atoms with Crippen molar-refractivity contribution in [1.82, 2.24) is 15.0 Å². The molecule has 3 N–H and O–H groups in total. The number of nitrogens with zero attached hydrogens (tertiary/aromatic N) is 2. The fraction of sp³-hybridized carbons (Fsp3) is 0.154. The van der Waals surface area contributed by atoms with Crippen molar-refractivity contribution in [3.05, 3.63) is 35.0 Å². The molecule has 0 aliphatic carbocycles. The molecule has 2 aromatic rings. The van der Waals surface area contributed by atoms with Crippen molar-refractivity contribution in [2.75, 3.05) is 5.32 Å². The number of nitrogens with one attached hydrogen (secondary N) is 2. The van der Waals surface area contributed by atoms with Crippen LogP contribution in [0.4, 0.5) is 5.82 Å². The number of imidazole rings is 1. The summed E-state index contributed by atoms with van der Waals surface area (Å²) in [5.41, 5.74) is 2.21. The van der Waals surface area contributed by atoms with Crippen molar-refractivity contribution in [3.8, 4) is 5.75 Å². The molecule has 2 aromatic heterocycles. The summed E-state index contributed by atoms with van der Waals surface area (Å²) in [5, 5.41) is 12.6. The van der Waals surface area contributed by atoms with Crippen LogP contribution < -0.4 is 5.32 Å². The van der Waals surface area contributed by atoms with Crippen LogP contribution in [0.1, 0.15) is 22.6 Å². The molecule has 0 atom stereocenters. The average Bonchev–Trinajstić information content (AvgIpc) is 2.97. The Balaban J connectivity index is 2.22. The minimum atomic E-state index is -0.244. The lowest BCUT2D eigenvalue weighted by molar-refractivity contribution is -0.110. The summed E-state index contributed by atoms with van der Waals surface area (Å²) in [6.45, 7) is 3.46. The second kappa shape index (κ2) is 3.94. The molecule has 0 fully saturated rings. The number of carbonyl (C=O) groups is 1. The van der Waals surface area contributed by atoms with Crippen molar-refractivity contribution < 1.29 is 9.90 Å². The van der Waals surface area contributed by atoms with Crippen LogP contribution in [-0.4, -0.2) is 26.0 Å². The summed E-state index contributed by atoms with van der Waals surface area (Å²) in [7, 11) is 0. The number of H-pyrrole nitrogens is 1. The number of anilines is 1. The van der Waals surface area contributed by atoms with Gasteiger partial charge in [-0.15, -0.1) is 0 Å². The number of hydrogen-bond donors (Lipinski definition) is 3. The van der Waals surface area contributed by atoms with Gasteiger partial charge in [-0.3, -0.25) is 4.79 Å². The molecule has 0 saturated heterocycles.